The lowest BCUT2D eigenvalue weighted by Gasteiger charge is -2.04. The van der Waals surface area contributed by atoms with Crippen LogP contribution in [0.1, 0.15) is 11.3 Å². The predicted molar refractivity (Wildman–Crippen MR) is 89.7 cm³/mol. The Balaban J connectivity index is 1.92. The molecule has 0 radical (unpaired) electrons. The maximum Gasteiger partial charge on any atom is 0.161 e. The number of hydrogen-bond donors (Lipinski definition) is 2. The number of rotatable bonds is 3. The standard InChI is InChI=1S/C18H16N2O2/c1-22-18-10-12(3-9-17(18)21)2-7-15-8-5-13-4-6-14(19)11-16(13)20-15/h2-11,21H,19H2,1H3/b7-2+. The second-order valence-corrected chi connectivity index (χ2v) is 4.95. The Bertz CT molecular complexity index is 857. The van der Waals surface area contributed by atoms with E-state index in [1.54, 1.807) is 12.1 Å². The molecule has 0 atom stereocenters. The minimum absolute atomic E-state index is 0.124. The van der Waals surface area contributed by atoms with E-state index in [9.17, 15) is 5.11 Å². The molecule has 0 saturated carbocycles. The van der Waals surface area contributed by atoms with Crippen LogP contribution in [0, 0.1) is 0 Å². The first kappa shape index (κ1) is 13.9. The minimum atomic E-state index is 0.124. The zero-order chi connectivity index (χ0) is 15.5. The number of aromatic hydroxyl groups is 1. The molecule has 0 aliphatic rings. The fraction of sp³-hybridized carbons (Fsp3) is 0.0556. The molecule has 3 rings (SSSR count). The third-order valence-electron chi connectivity index (χ3n) is 3.39. The number of aromatic nitrogens is 1. The van der Waals surface area contributed by atoms with E-state index in [-0.39, 0.29) is 5.75 Å². The van der Waals surface area contributed by atoms with Crippen LogP contribution < -0.4 is 10.5 Å². The molecule has 0 bridgehead atoms. The first-order valence-electron chi connectivity index (χ1n) is 6.87. The summed E-state index contributed by atoms with van der Waals surface area (Å²) in [7, 11) is 1.53. The second-order valence-electron chi connectivity index (χ2n) is 4.95. The molecule has 0 aliphatic heterocycles. The summed E-state index contributed by atoms with van der Waals surface area (Å²) in [5, 5.41) is 10.6. The van der Waals surface area contributed by atoms with Gasteiger partial charge in [0.2, 0.25) is 0 Å². The third kappa shape index (κ3) is 2.86. The topological polar surface area (TPSA) is 68.4 Å². The number of methoxy groups -OCH3 is 1. The Kier molecular flexibility index (Phi) is 3.66. The van der Waals surface area contributed by atoms with Crippen LogP contribution in [-0.2, 0) is 0 Å². The van der Waals surface area contributed by atoms with Crippen molar-refractivity contribution in [2.45, 2.75) is 0 Å². The lowest BCUT2D eigenvalue weighted by Crippen LogP contribution is -1.87. The second kappa shape index (κ2) is 5.77. The molecule has 0 unspecified atom stereocenters. The summed E-state index contributed by atoms with van der Waals surface area (Å²) in [6.07, 6.45) is 3.83. The largest absolute Gasteiger partial charge is 0.504 e. The smallest absolute Gasteiger partial charge is 0.161 e. The minimum Gasteiger partial charge on any atom is -0.504 e. The monoisotopic (exact) mass is 292 g/mol. The fourth-order valence-corrected chi connectivity index (χ4v) is 2.22. The number of phenolic OH excluding ortho intramolecular Hbond substituents is 1. The summed E-state index contributed by atoms with van der Waals surface area (Å²) in [5.41, 5.74) is 9.11. The van der Waals surface area contributed by atoms with Gasteiger partial charge in [0.25, 0.3) is 0 Å². The van der Waals surface area contributed by atoms with E-state index < -0.39 is 0 Å². The molecule has 0 spiro atoms. The summed E-state index contributed by atoms with van der Waals surface area (Å²) in [5.74, 6) is 0.570. The van der Waals surface area contributed by atoms with E-state index in [0.29, 0.717) is 11.4 Å². The highest BCUT2D eigenvalue weighted by Gasteiger charge is 2.01. The number of nitrogens with two attached hydrogens (primary N) is 1. The zero-order valence-corrected chi connectivity index (χ0v) is 12.2. The molecule has 0 fully saturated rings. The number of nitrogens with zero attached hydrogens (tertiary/aromatic N) is 1. The average molecular weight is 292 g/mol. The van der Waals surface area contributed by atoms with Crippen LogP contribution in [0.3, 0.4) is 0 Å². The molecule has 0 aliphatic carbocycles. The molecule has 0 amide bonds. The Labute approximate surface area is 128 Å². The van der Waals surface area contributed by atoms with E-state index >= 15 is 0 Å². The molecule has 2 aromatic carbocycles. The highest BCUT2D eigenvalue weighted by Crippen LogP contribution is 2.27. The van der Waals surface area contributed by atoms with E-state index in [1.807, 2.05) is 48.6 Å². The Morgan fingerprint density at radius 1 is 1.05 bits per heavy atom. The number of fused-ring (bicyclic) bond motifs is 1. The van der Waals surface area contributed by atoms with Gasteiger partial charge >= 0.3 is 0 Å². The van der Waals surface area contributed by atoms with Crippen LogP contribution in [-0.4, -0.2) is 17.2 Å². The molecule has 1 aromatic heterocycles. The van der Waals surface area contributed by atoms with Gasteiger partial charge in [0, 0.05) is 11.1 Å². The Morgan fingerprint density at radius 3 is 2.68 bits per heavy atom. The summed E-state index contributed by atoms with van der Waals surface area (Å²) in [4.78, 5) is 4.56. The van der Waals surface area contributed by atoms with Gasteiger partial charge < -0.3 is 15.6 Å². The number of nitrogen functional groups attached to an aromatic ring is 1. The number of benzene rings is 2. The van der Waals surface area contributed by atoms with Gasteiger partial charge in [-0.05, 0) is 42.0 Å². The van der Waals surface area contributed by atoms with Crippen molar-refractivity contribution < 1.29 is 9.84 Å². The maximum absolute atomic E-state index is 9.59. The summed E-state index contributed by atoms with van der Waals surface area (Å²) in [6.45, 7) is 0. The van der Waals surface area contributed by atoms with Crippen LogP contribution in [0.2, 0.25) is 0 Å². The lowest BCUT2D eigenvalue weighted by molar-refractivity contribution is 0.373. The third-order valence-corrected chi connectivity index (χ3v) is 3.39. The van der Waals surface area contributed by atoms with Gasteiger partial charge in [-0.2, -0.15) is 0 Å². The van der Waals surface area contributed by atoms with Crippen molar-refractivity contribution in [3.05, 3.63) is 59.8 Å². The van der Waals surface area contributed by atoms with Crippen LogP contribution in [0.5, 0.6) is 11.5 Å². The maximum atomic E-state index is 9.59. The first-order valence-corrected chi connectivity index (χ1v) is 6.87. The Hall–Kier alpha value is -3.01. The summed E-state index contributed by atoms with van der Waals surface area (Å²) in [6, 6.07) is 14.8. The quantitative estimate of drug-likeness (QED) is 0.722. The van der Waals surface area contributed by atoms with Crippen molar-refractivity contribution >= 4 is 28.7 Å². The highest BCUT2D eigenvalue weighted by molar-refractivity contribution is 5.83. The van der Waals surface area contributed by atoms with Crippen molar-refractivity contribution in [3.8, 4) is 11.5 Å². The van der Waals surface area contributed by atoms with E-state index in [1.165, 1.54) is 7.11 Å². The molecule has 1 heterocycles. The Morgan fingerprint density at radius 2 is 1.86 bits per heavy atom. The van der Waals surface area contributed by atoms with Crippen LogP contribution in [0.15, 0.2) is 48.5 Å². The van der Waals surface area contributed by atoms with Crippen molar-refractivity contribution in [1.82, 2.24) is 4.98 Å². The molecule has 3 N–H and O–H groups in total. The zero-order valence-electron chi connectivity index (χ0n) is 12.2. The fourth-order valence-electron chi connectivity index (χ4n) is 2.22. The number of hydrogen-bond acceptors (Lipinski definition) is 4. The van der Waals surface area contributed by atoms with Crippen molar-refractivity contribution in [1.29, 1.82) is 0 Å². The number of pyridine rings is 1. The molecular weight excluding hydrogens is 276 g/mol. The van der Waals surface area contributed by atoms with Crippen molar-refractivity contribution in [2.75, 3.05) is 12.8 Å². The first-order chi connectivity index (χ1) is 10.7. The molecule has 0 saturated heterocycles. The number of anilines is 1. The molecule has 4 nitrogen and oxygen atoms in total. The normalized spacial score (nSPS) is 11.1. The van der Waals surface area contributed by atoms with Crippen molar-refractivity contribution in [2.24, 2.45) is 0 Å². The van der Waals surface area contributed by atoms with Gasteiger partial charge in [-0.15, -0.1) is 0 Å². The molecule has 4 heteroatoms. The summed E-state index contributed by atoms with van der Waals surface area (Å²) < 4.78 is 5.10. The summed E-state index contributed by atoms with van der Waals surface area (Å²) >= 11 is 0. The van der Waals surface area contributed by atoms with Gasteiger partial charge in [-0.3, -0.25) is 0 Å². The average Bonchev–Trinajstić information content (AvgIpc) is 2.53. The van der Waals surface area contributed by atoms with Gasteiger partial charge in [-0.1, -0.05) is 24.3 Å². The SMILES string of the molecule is COc1cc(/C=C/c2ccc3ccc(N)cc3n2)ccc1O. The van der Waals surface area contributed by atoms with E-state index in [0.717, 1.165) is 22.2 Å². The van der Waals surface area contributed by atoms with Gasteiger partial charge in [0.1, 0.15) is 0 Å². The van der Waals surface area contributed by atoms with Crippen LogP contribution in [0.25, 0.3) is 23.1 Å². The van der Waals surface area contributed by atoms with E-state index in [2.05, 4.69) is 4.98 Å². The van der Waals surface area contributed by atoms with Gasteiger partial charge in [0.15, 0.2) is 11.5 Å². The van der Waals surface area contributed by atoms with Gasteiger partial charge in [-0.25, -0.2) is 4.98 Å². The van der Waals surface area contributed by atoms with Crippen LogP contribution in [0.4, 0.5) is 5.69 Å². The van der Waals surface area contributed by atoms with Crippen LogP contribution >= 0.6 is 0 Å². The molecular formula is C18H16N2O2. The lowest BCUT2D eigenvalue weighted by atomic mass is 10.1. The van der Waals surface area contributed by atoms with E-state index in [4.69, 9.17) is 10.5 Å². The molecule has 22 heavy (non-hydrogen) atoms. The van der Waals surface area contributed by atoms with Gasteiger partial charge in [0.05, 0.1) is 18.3 Å². The van der Waals surface area contributed by atoms with Crippen molar-refractivity contribution in [3.63, 3.8) is 0 Å². The predicted octanol–water partition coefficient (Wildman–Crippen LogP) is 3.70. The molecule has 3 aromatic rings. The number of ether oxygens (including phenoxy) is 1. The number of phenols is 1. The highest BCUT2D eigenvalue weighted by atomic mass is 16.5. The molecule has 110 valence electrons.